The topological polar surface area (TPSA) is 111 Å². The van der Waals surface area contributed by atoms with Crippen molar-refractivity contribution in [3.05, 3.63) is 93.7 Å². The van der Waals surface area contributed by atoms with Crippen molar-refractivity contribution in [2.24, 2.45) is 5.10 Å². The molecule has 0 saturated carbocycles. The first kappa shape index (κ1) is 21.9. The number of pyridine rings is 1. The predicted molar refractivity (Wildman–Crippen MR) is 126 cm³/mol. The summed E-state index contributed by atoms with van der Waals surface area (Å²) in [6.45, 7) is 4.34. The largest absolute Gasteiger partial charge is 0.433 e. The van der Waals surface area contributed by atoms with E-state index in [2.05, 4.69) is 36.5 Å². The van der Waals surface area contributed by atoms with Crippen LogP contribution < -0.4 is 5.43 Å². The van der Waals surface area contributed by atoms with Crippen molar-refractivity contribution in [2.75, 3.05) is 0 Å². The van der Waals surface area contributed by atoms with Crippen molar-refractivity contribution in [3.63, 3.8) is 0 Å². The fraction of sp³-hybridized carbons (Fsp3) is 0.160. The summed E-state index contributed by atoms with van der Waals surface area (Å²) in [5.41, 5.74) is 6.42. The molecule has 1 amide bonds. The second-order valence-electron chi connectivity index (χ2n) is 7.64. The number of furan rings is 1. The molecule has 1 atom stereocenters. The number of nitro groups is 1. The fourth-order valence-corrected chi connectivity index (χ4v) is 3.45. The van der Waals surface area contributed by atoms with Crippen LogP contribution in [0.2, 0.25) is 0 Å². The van der Waals surface area contributed by atoms with Crippen molar-refractivity contribution in [1.82, 2.24) is 10.4 Å². The van der Waals surface area contributed by atoms with Crippen molar-refractivity contribution in [2.45, 2.75) is 26.2 Å². The number of hydrazone groups is 1. The maximum atomic E-state index is 12.9. The minimum atomic E-state index is -0.643. The quantitative estimate of drug-likeness (QED) is 0.225. The van der Waals surface area contributed by atoms with Crippen LogP contribution in [-0.4, -0.2) is 22.0 Å². The lowest BCUT2D eigenvalue weighted by atomic mass is 9.96. The molecule has 33 heavy (non-hydrogen) atoms. The SMILES string of the molecule is CCC(C)c1ccc(-c2cc(C(=O)NN=Cc3ccc([N+](=O)[O-])o3)c3ccccc3n2)cc1. The van der Waals surface area contributed by atoms with Gasteiger partial charge >= 0.3 is 5.88 Å². The summed E-state index contributed by atoms with van der Waals surface area (Å²) in [7, 11) is 0. The molecule has 166 valence electrons. The number of carbonyl (C=O) groups excluding carboxylic acids is 1. The highest BCUT2D eigenvalue weighted by Gasteiger charge is 2.15. The summed E-state index contributed by atoms with van der Waals surface area (Å²) >= 11 is 0. The summed E-state index contributed by atoms with van der Waals surface area (Å²) in [4.78, 5) is 27.7. The second kappa shape index (κ2) is 9.44. The molecule has 0 bridgehead atoms. The summed E-state index contributed by atoms with van der Waals surface area (Å²) < 4.78 is 5.00. The van der Waals surface area contributed by atoms with E-state index in [0.29, 0.717) is 28.1 Å². The van der Waals surface area contributed by atoms with Crippen molar-refractivity contribution < 1.29 is 14.1 Å². The molecule has 0 aliphatic carbocycles. The van der Waals surface area contributed by atoms with Crippen LogP contribution in [0.5, 0.6) is 0 Å². The Hall–Kier alpha value is -4.33. The van der Waals surface area contributed by atoms with E-state index in [0.717, 1.165) is 12.0 Å². The molecule has 1 unspecified atom stereocenters. The van der Waals surface area contributed by atoms with Crippen LogP contribution in [0.25, 0.3) is 22.2 Å². The van der Waals surface area contributed by atoms with E-state index in [-0.39, 0.29) is 5.76 Å². The third-order valence-electron chi connectivity index (χ3n) is 5.50. The van der Waals surface area contributed by atoms with Crippen LogP contribution in [0.1, 0.15) is 47.9 Å². The molecule has 0 aliphatic rings. The molecular formula is C25H22N4O4. The fourth-order valence-electron chi connectivity index (χ4n) is 3.45. The molecule has 8 nitrogen and oxygen atoms in total. The second-order valence-corrected chi connectivity index (χ2v) is 7.64. The monoisotopic (exact) mass is 442 g/mol. The van der Waals surface area contributed by atoms with Crippen molar-refractivity contribution in [1.29, 1.82) is 0 Å². The van der Waals surface area contributed by atoms with E-state index in [1.165, 1.54) is 23.9 Å². The molecule has 2 heterocycles. The van der Waals surface area contributed by atoms with Gasteiger partial charge in [-0.05, 0) is 36.1 Å². The zero-order chi connectivity index (χ0) is 23.4. The van der Waals surface area contributed by atoms with Gasteiger partial charge in [-0.3, -0.25) is 14.9 Å². The van der Waals surface area contributed by atoms with Gasteiger partial charge in [0.05, 0.1) is 29.1 Å². The number of hydrogen-bond acceptors (Lipinski definition) is 6. The molecule has 8 heteroatoms. The zero-order valence-corrected chi connectivity index (χ0v) is 18.2. The van der Waals surface area contributed by atoms with E-state index in [1.54, 1.807) is 6.07 Å². The van der Waals surface area contributed by atoms with Crippen LogP contribution >= 0.6 is 0 Å². The van der Waals surface area contributed by atoms with E-state index in [1.807, 2.05) is 36.4 Å². The lowest BCUT2D eigenvalue weighted by Gasteiger charge is -2.11. The van der Waals surface area contributed by atoms with Gasteiger partial charge in [-0.2, -0.15) is 5.10 Å². The minimum absolute atomic E-state index is 0.156. The number of aromatic nitrogens is 1. The van der Waals surface area contributed by atoms with Crippen LogP contribution in [0, 0.1) is 10.1 Å². The third-order valence-corrected chi connectivity index (χ3v) is 5.50. The Bertz CT molecular complexity index is 1340. The molecule has 2 aromatic carbocycles. The molecule has 0 radical (unpaired) electrons. The molecule has 4 rings (SSSR count). The number of para-hydroxylation sites is 1. The lowest BCUT2D eigenvalue weighted by Crippen LogP contribution is -2.18. The molecule has 0 spiro atoms. The van der Waals surface area contributed by atoms with Gasteiger partial charge in [0.15, 0.2) is 5.76 Å². The van der Waals surface area contributed by atoms with Gasteiger partial charge in [0, 0.05) is 10.9 Å². The highest BCUT2D eigenvalue weighted by atomic mass is 16.6. The van der Waals surface area contributed by atoms with Crippen LogP contribution in [0.3, 0.4) is 0 Å². The maximum absolute atomic E-state index is 12.9. The Balaban J connectivity index is 1.62. The molecule has 0 saturated heterocycles. The smallest absolute Gasteiger partial charge is 0.400 e. The summed E-state index contributed by atoms with van der Waals surface area (Å²) in [6.07, 6.45) is 2.27. The normalized spacial score (nSPS) is 12.2. The Labute approximate surface area is 190 Å². The van der Waals surface area contributed by atoms with Gasteiger partial charge in [0.1, 0.15) is 4.92 Å². The Morgan fingerprint density at radius 2 is 1.94 bits per heavy atom. The Kier molecular flexibility index (Phi) is 6.26. The number of benzene rings is 2. The Morgan fingerprint density at radius 3 is 2.64 bits per heavy atom. The minimum Gasteiger partial charge on any atom is -0.400 e. The van der Waals surface area contributed by atoms with Crippen molar-refractivity contribution in [3.8, 4) is 11.3 Å². The number of carbonyl (C=O) groups is 1. The highest BCUT2D eigenvalue weighted by Crippen LogP contribution is 2.27. The number of rotatable bonds is 7. The first-order valence-electron chi connectivity index (χ1n) is 10.5. The predicted octanol–water partition coefficient (Wildman–Crippen LogP) is 5.68. The summed E-state index contributed by atoms with van der Waals surface area (Å²) in [5.74, 6) is -0.197. The molecule has 0 aliphatic heterocycles. The first-order valence-corrected chi connectivity index (χ1v) is 10.5. The number of amides is 1. The van der Waals surface area contributed by atoms with Crippen LogP contribution in [0.15, 0.2) is 76.2 Å². The van der Waals surface area contributed by atoms with Gasteiger partial charge in [0.25, 0.3) is 5.91 Å². The highest BCUT2D eigenvalue weighted by molar-refractivity contribution is 6.07. The van der Waals surface area contributed by atoms with E-state index in [9.17, 15) is 14.9 Å². The molecule has 4 aromatic rings. The van der Waals surface area contributed by atoms with Crippen LogP contribution in [-0.2, 0) is 0 Å². The maximum Gasteiger partial charge on any atom is 0.433 e. The summed E-state index contributed by atoms with van der Waals surface area (Å²) in [6, 6.07) is 20.0. The van der Waals surface area contributed by atoms with E-state index in [4.69, 9.17) is 9.40 Å². The Morgan fingerprint density at radius 1 is 1.18 bits per heavy atom. The van der Waals surface area contributed by atoms with Gasteiger partial charge in [-0.15, -0.1) is 0 Å². The van der Waals surface area contributed by atoms with Gasteiger partial charge < -0.3 is 4.42 Å². The number of fused-ring (bicyclic) bond motifs is 1. The number of nitrogens with one attached hydrogen (secondary N) is 1. The molecule has 2 aromatic heterocycles. The average Bonchev–Trinajstić information content (AvgIpc) is 3.32. The van der Waals surface area contributed by atoms with Crippen molar-refractivity contribution >= 4 is 28.9 Å². The lowest BCUT2D eigenvalue weighted by molar-refractivity contribution is -0.402. The standard InChI is InChI=1S/C25H22N4O4/c1-3-16(2)17-8-10-18(11-9-17)23-14-21(20-6-4-5-7-22(20)27-23)25(30)28-26-15-19-12-13-24(33-19)29(31)32/h4-16H,3H2,1-2H3,(H,28,30). The molecule has 0 fully saturated rings. The van der Waals surface area contributed by atoms with E-state index < -0.39 is 16.7 Å². The zero-order valence-electron chi connectivity index (χ0n) is 18.2. The van der Waals surface area contributed by atoms with Gasteiger partial charge in [-0.1, -0.05) is 56.3 Å². The summed E-state index contributed by atoms with van der Waals surface area (Å²) in [5, 5.41) is 15.3. The molecular weight excluding hydrogens is 420 g/mol. The molecule has 1 N–H and O–H groups in total. The first-order chi connectivity index (χ1) is 16.0. The third kappa shape index (κ3) is 4.79. The van der Waals surface area contributed by atoms with Crippen LogP contribution in [0.4, 0.5) is 5.88 Å². The van der Waals surface area contributed by atoms with Gasteiger partial charge in [0.2, 0.25) is 0 Å². The van der Waals surface area contributed by atoms with Gasteiger partial charge in [-0.25, -0.2) is 10.4 Å². The average molecular weight is 442 g/mol. The number of nitrogens with zero attached hydrogens (tertiary/aromatic N) is 3. The number of hydrogen-bond donors (Lipinski definition) is 1. The van der Waals surface area contributed by atoms with E-state index >= 15 is 0 Å².